The van der Waals surface area contributed by atoms with Crippen molar-refractivity contribution in [3.63, 3.8) is 0 Å². The van der Waals surface area contributed by atoms with Gasteiger partial charge in [0.25, 0.3) is 5.91 Å². The molecule has 2 saturated heterocycles. The van der Waals surface area contributed by atoms with Gasteiger partial charge in [0.05, 0.1) is 30.9 Å². The molecule has 33 heavy (non-hydrogen) atoms. The van der Waals surface area contributed by atoms with Crippen LogP contribution in [0.3, 0.4) is 0 Å². The molecule has 0 aromatic carbocycles. The van der Waals surface area contributed by atoms with Crippen LogP contribution in [0.5, 0.6) is 0 Å². The molecule has 1 amide bonds. The Labute approximate surface area is 194 Å². The van der Waals surface area contributed by atoms with Crippen LogP contribution >= 0.6 is 0 Å². The molecule has 178 valence electrons. The van der Waals surface area contributed by atoms with E-state index in [1.165, 1.54) is 18.4 Å². The van der Waals surface area contributed by atoms with E-state index in [9.17, 15) is 4.79 Å². The molecule has 9 nitrogen and oxygen atoms in total. The quantitative estimate of drug-likeness (QED) is 0.627. The van der Waals surface area contributed by atoms with Gasteiger partial charge in [-0.05, 0) is 42.7 Å². The molecule has 4 heterocycles. The highest BCUT2D eigenvalue weighted by atomic mass is 16.5. The van der Waals surface area contributed by atoms with Gasteiger partial charge >= 0.3 is 0 Å². The molecule has 1 saturated carbocycles. The van der Waals surface area contributed by atoms with E-state index in [0.717, 1.165) is 25.2 Å². The van der Waals surface area contributed by atoms with Crippen molar-refractivity contribution in [2.45, 2.75) is 64.0 Å². The van der Waals surface area contributed by atoms with Crippen molar-refractivity contribution in [2.24, 2.45) is 5.92 Å². The van der Waals surface area contributed by atoms with E-state index in [4.69, 9.17) is 14.1 Å². The highest BCUT2D eigenvalue weighted by Gasteiger charge is 2.35. The molecule has 9 heteroatoms. The first-order valence-electron chi connectivity index (χ1n) is 12.1. The minimum Gasteiger partial charge on any atom is -0.425 e. The molecule has 2 N–H and O–H groups in total. The summed E-state index contributed by atoms with van der Waals surface area (Å²) in [6.07, 6.45) is 5.08. The van der Waals surface area contributed by atoms with Crippen molar-refractivity contribution in [1.82, 2.24) is 25.4 Å². The first-order valence-corrected chi connectivity index (χ1v) is 12.1. The normalized spacial score (nSPS) is 23.4. The lowest BCUT2D eigenvalue weighted by atomic mass is 9.93. The number of hydrogen-bond donors (Lipinski definition) is 2. The maximum Gasteiger partial charge on any atom is 0.274 e. The van der Waals surface area contributed by atoms with Gasteiger partial charge in [-0.15, -0.1) is 10.2 Å². The van der Waals surface area contributed by atoms with Gasteiger partial charge in [0.2, 0.25) is 11.8 Å². The number of ether oxygens (including phenoxy) is 1. The number of hydrogen-bond acceptors (Lipinski definition) is 8. The Bertz CT molecular complexity index is 984. The molecule has 0 radical (unpaired) electrons. The van der Waals surface area contributed by atoms with Gasteiger partial charge in [-0.3, -0.25) is 4.79 Å². The number of piperidine rings is 1. The van der Waals surface area contributed by atoms with Crippen LogP contribution in [0, 0.1) is 12.8 Å². The number of anilines is 1. The lowest BCUT2D eigenvalue weighted by Gasteiger charge is -2.38. The Hall–Kier alpha value is -2.52. The van der Waals surface area contributed by atoms with Crippen LogP contribution in [0.25, 0.3) is 0 Å². The SMILES string of the molecule is Cc1nnc([C@H]2CNC[C@@H](N(CC(C)C)C(=O)c3ncc(C4CC4)cc3NC3COC3)C2)o1. The molecule has 1 aliphatic carbocycles. The molecule has 5 rings (SSSR count). The van der Waals surface area contributed by atoms with E-state index in [2.05, 4.69) is 40.7 Å². The third kappa shape index (κ3) is 5.04. The topological polar surface area (TPSA) is 105 Å². The summed E-state index contributed by atoms with van der Waals surface area (Å²) in [4.78, 5) is 20.6. The Balaban J connectivity index is 1.40. The Morgan fingerprint density at radius 1 is 1.24 bits per heavy atom. The second-order valence-corrected chi connectivity index (χ2v) is 10.1. The van der Waals surface area contributed by atoms with E-state index < -0.39 is 0 Å². The van der Waals surface area contributed by atoms with Gasteiger partial charge in [-0.25, -0.2) is 4.98 Å². The summed E-state index contributed by atoms with van der Waals surface area (Å²) in [5, 5.41) is 15.2. The average Bonchev–Trinajstić information content (AvgIpc) is 3.54. The molecule has 3 fully saturated rings. The number of amides is 1. The van der Waals surface area contributed by atoms with E-state index in [1.54, 1.807) is 6.92 Å². The van der Waals surface area contributed by atoms with Crippen molar-refractivity contribution in [3.8, 4) is 0 Å². The lowest BCUT2D eigenvalue weighted by molar-refractivity contribution is 0.0210. The fraction of sp³-hybridized carbons (Fsp3) is 0.667. The van der Waals surface area contributed by atoms with Crippen molar-refractivity contribution in [2.75, 3.05) is 38.2 Å². The molecule has 2 aromatic rings. The fourth-order valence-corrected chi connectivity index (χ4v) is 4.69. The minimum absolute atomic E-state index is 0.0238. The molecular formula is C24H34N6O3. The van der Waals surface area contributed by atoms with Gasteiger partial charge in [0, 0.05) is 38.8 Å². The first-order chi connectivity index (χ1) is 16.0. The highest BCUT2D eigenvalue weighted by Crippen LogP contribution is 2.41. The molecular weight excluding hydrogens is 420 g/mol. The molecule has 2 aliphatic heterocycles. The smallest absolute Gasteiger partial charge is 0.274 e. The zero-order valence-corrected chi connectivity index (χ0v) is 19.7. The van der Waals surface area contributed by atoms with Crippen molar-refractivity contribution in [3.05, 3.63) is 35.3 Å². The molecule has 3 aliphatic rings. The van der Waals surface area contributed by atoms with E-state index in [0.29, 0.717) is 49.1 Å². The Morgan fingerprint density at radius 3 is 2.70 bits per heavy atom. The second-order valence-electron chi connectivity index (χ2n) is 10.1. The molecule has 0 bridgehead atoms. The van der Waals surface area contributed by atoms with Gasteiger partial charge in [-0.2, -0.15) is 0 Å². The summed E-state index contributed by atoms with van der Waals surface area (Å²) < 4.78 is 11.0. The summed E-state index contributed by atoms with van der Waals surface area (Å²) in [5.41, 5.74) is 2.55. The number of carbonyl (C=O) groups excluding carboxylic acids is 1. The van der Waals surface area contributed by atoms with Crippen molar-refractivity contribution >= 4 is 11.6 Å². The van der Waals surface area contributed by atoms with Gasteiger partial charge in [0.15, 0.2) is 5.69 Å². The Morgan fingerprint density at radius 2 is 2.06 bits per heavy atom. The maximum atomic E-state index is 13.9. The third-order valence-corrected chi connectivity index (χ3v) is 6.64. The number of nitrogens with zero attached hydrogens (tertiary/aromatic N) is 4. The number of pyridine rings is 1. The van der Waals surface area contributed by atoms with E-state index in [-0.39, 0.29) is 23.9 Å². The van der Waals surface area contributed by atoms with E-state index in [1.807, 2.05) is 11.1 Å². The summed E-state index contributed by atoms with van der Waals surface area (Å²) in [7, 11) is 0. The second kappa shape index (κ2) is 9.38. The Kier molecular flexibility index (Phi) is 6.34. The van der Waals surface area contributed by atoms with Crippen LogP contribution < -0.4 is 10.6 Å². The maximum absolute atomic E-state index is 13.9. The lowest BCUT2D eigenvalue weighted by Crippen LogP contribution is -2.52. The van der Waals surface area contributed by atoms with Crippen LogP contribution in [0.2, 0.25) is 0 Å². The molecule has 2 atom stereocenters. The first kappa shape index (κ1) is 22.3. The monoisotopic (exact) mass is 454 g/mol. The van der Waals surface area contributed by atoms with Crippen LogP contribution in [-0.4, -0.2) is 70.9 Å². The van der Waals surface area contributed by atoms with Crippen LogP contribution in [0.15, 0.2) is 16.7 Å². The van der Waals surface area contributed by atoms with Crippen LogP contribution in [-0.2, 0) is 4.74 Å². The number of nitrogens with one attached hydrogen (secondary N) is 2. The number of carbonyl (C=O) groups is 1. The van der Waals surface area contributed by atoms with Crippen molar-refractivity contribution < 1.29 is 13.9 Å². The summed E-state index contributed by atoms with van der Waals surface area (Å²) in [6.45, 7) is 9.58. The van der Waals surface area contributed by atoms with E-state index >= 15 is 0 Å². The summed E-state index contributed by atoms with van der Waals surface area (Å²) >= 11 is 0. The zero-order valence-electron chi connectivity index (χ0n) is 19.7. The third-order valence-electron chi connectivity index (χ3n) is 6.64. The average molecular weight is 455 g/mol. The minimum atomic E-state index is -0.0250. The molecule has 2 aromatic heterocycles. The zero-order chi connectivity index (χ0) is 22.9. The number of aryl methyl sites for hydroxylation is 1. The molecule has 0 spiro atoms. The van der Waals surface area contributed by atoms with Gasteiger partial charge < -0.3 is 24.7 Å². The van der Waals surface area contributed by atoms with Crippen LogP contribution in [0.1, 0.15) is 72.8 Å². The predicted octanol–water partition coefficient (Wildman–Crippen LogP) is 2.71. The van der Waals surface area contributed by atoms with Gasteiger partial charge in [0.1, 0.15) is 0 Å². The molecule has 0 unspecified atom stereocenters. The number of aromatic nitrogens is 3. The fourth-order valence-electron chi connectivity index (χ4n) is 4.69. The van der Waals surface area contributed by atoms with Gasteiger partial charge in [-0.1, -0.05) is 13.8 Å². The highest BCUT2D eigenvalue weighted by molar-refractivity contribution is 5.98. The van der Waals surface area contributed by atoms with Crippen molar-refractivity contribution in [1.29, 1.82) is 0 Å². The largest absolute Gasteiger partial charge is 0.425 e. The number of rotatable bonds is 8. The standard InChI is InChI=1S/C24H34N6O3/c1-14(2)11-30(20-6-18(8-25-10-20)23-29-28-15(3)33-23)24(31)22-21(27-19-12-32-13-19)7-17(9-26-22)16-4-5-16/h7,9,14,16,18-20,25,27H,4-6,8,10-13H2,1-3H3/t18-,20+/m1/s1. The van der Waals surface area contributed by atoms with Crippen LogP contribution in [0.4, 0.5) is 5.69 Å². The summed E-state index contributed by atoms with van der Waals surface area (Å²) in [6, 6.07) is 2.39. The predicted molar refractivity (Wildman–Crippen MR) is 123 cm³/mol. The summed E-state index contributed by atoms with van der Waals surface area (Å²) in [5.74, 6) is 2.18.